The van der Waals surface area contributed by atoms with Gasteiger partial charge in [-0.25, -0.2) is 0 Å². The Morgan fingerprint density at radius 1 is 1.00 bits per heavy atom. The first-order valence-electron chi connectivity index (χ1n) is 10.2. The zero-order chi connectivity index (χ0) is 20.6. The number of methoxy groups -OCH3 is 2. The zero-order valence-electron chi connectivity index (χ0n) is 17.6. The lowest BCUT2D eigenvalue weighted by Gasteiger charge is -2.35. The summed E-state index contributed by atoms with van der Waals surface area (Å²) in [6.45, 7) is 7.60. The first kappa shape index (κ1) is 21.0. The molecule has 1 heterocycles. The standard InChI is InChI=1S/C23H31N3O3/c1-4-25-14-16-26(17-15-25)20-11-9-19(10-12-20)24-22(27)13-8-18-6-5-7-21(28-2)23(18)29-3/h5-7,9-12H,4,8,13-17H2,1-3H3,(H,24,27). The maximum Gasteiger partial charge on any atom is 0.224 e. The molecule has 0 atom stereocenters. The van der Waals surface area contributed by atoms with Crippen molar-refractivity contribution in [1.82, 2.24) is 4.90 Å². The van der Waals surface area contributed by atoms with Crippen LogP contribution in [-0.4, -0.2) is 57.8 Å². The molecule has 0 aliphatic carbocycles. The number of likely N-dealkylation sites (N-methyl/N-ethyl adjacent to an activating group) is 1. The summed E-state index contributed by atoms with van der Waals surface area (Å²) in [6.07, 6.45) is 0.969. The van der Waals surface area contributed by atoms with Gasteiger partial charge in [0.05, 0.1) is 14.2 Å². The van der Waals surface area contributed by atoms with Gasteiger partial charge >= 0.3 is 0 Å². The SMILES string of the molecule is CCN1CCN(c2ccc(NC(=O)CCc3cccc(OC)c3OC)cc2)CC1. The number of amides is 1. The molecule has 3 rings (SSSR count). The van der Waals surface area contributed by atoms with Crippen molar-refractivity contribution in [2.24, 2.45) is 0 Å². The van der Waals surface area contributed by atoms with E-state index < -0.39 is 0 Å². The number of ether oxygens (including phenoxy) is 2. The van der Waals surface area contributed by atoms with Crippen LogP contribution in [0.2, 0.25) is 0 Å². The van der Waals surface area contributed by atoms with Gasteiger partial charge in [0.2, 0.25) is 5.91 Å². The van der Waals surface area contributed by atoms with Crippen LogP contribution in [0.5, 0.6) is 11.5 Å². The predicted molar refractivity (Wildman–Crippen MR) is 117 cm³/mol. The summed E-state index contributed by atoms with van der Waals surface area (Å²) in [5.41, 5.74) is 2.99. The van der Waals surface area contributed by atoms with Crippen molar-refractivity contribution < 1.29 is 14.3 Å². The molecular weight excluding hydrogens is 366 g/mol. The molecule has 1 aliphatic rings. The lowest BCUT2D eigenvalue weighted by molar-refractivity contribution is -0.116. The Labute approximate surface area is 173 Å². The number of hydrogen-bond acceptors (Lipinski definition) is 5. The summed E-state index contributed by atoms with van der Waals surface area (Å²) in [4.78, 5) is 17.3. The Bertz CT molecular complexity index is 800. The highest BCUT2D eigenvalue weighted by molar-refractivity contribution is 5.91. The normalized spacial score (nSPS) is 14.5. The van der Waals surface area contributed by atoms with E-state index in [0.29, 0.717) is 24.3 Å². The number of rotatable bonds is 8. The molecule has 0 bridgehead atoms. The number of anilines is 2. The molecule has 6 heteroatoms. The maximum atomic E-state index is 12.4. The maximum absolute atomic E-state index is 12.4. The minimum atomic E-state index is -0.0146. The van der Waals surface area contributed by atoms with Crippen molar-refractivity contribution in [2.75, 3.05) is 57.2 Å². The number of hydrogen-bond donors (Lipinski definition) is 1. The second-order valence-electron chi connectivity index (χ2n) is 7.17. The molecular formula is C23H31N3O3. The molecule has 0 saturated carbocycles. The van der Waals surface area contributed by atoms with E-state index in [1.165, 1.54) is 5.69 Å². The largest absolute Gasteiger partial charge is 0.493 e. The fourth-order valence-electron chi connectivity index (χ4n) is 3.70. The quantitative estimate of drug-likeness (QED) is 0.740. The first-order valence-corrected chi connectivity index (χ1v) is 10.2. The molecule has 1 saturated heterocycles. The number of carbonyl (C=O) groups is 1. The van der Waals surface area contributed by atoms with E-state index in [0.717, 1.165) is 44.0 Å². The van der Waals surface area contributed by atoms with Gasteiger partial charge in [-0.15, -0.1) is 0 Å². The van der Waals surface area contributed by atoms with Crippen molar-refractivity contribution in [3.63, 3.8) is 0 Å². The molecule has 29 heavy (non-hydrogen) atoms. The highest BCUT2D eigenvalue weighted by Gasteiger charge is 2.16. The molecule has 6 nitrogen and oxygen atoms in total. The topological polar surface area (TPSA) is 54.0 Å². The van der Waals surface area contributed by atoms with E-state index in [-0.39, 0.29) is 5.91 Å². The monoisotopic (exact) mass is 397 g/mol. The van der Waals surface area contributed by atoms with Crippen LogP contribution in [0.25, 0.3) is 0 Å². The van der Waals surface area contributed by atoms with Crippen LogP contribution >= 0.6 is 0 Å². The molecule has 0 radical (unpaired) electrons. The summed E-state index contributed by atoms with van der Waals surface area (Å²) in [6, 6.07) is 13.9. The van der Waals surface area contributed by atoms with Gasteiger partial charge < -0.3 is 24.6 Å². The Balaban J connectivity index is 1.52. The van der Waals surface area contributed by atoms with E-state index in [4.69, 9.17) is 9.47 Å². The van der Waals surface area contributed by atoms with E-state index in [1.54, 1.807) is 14.2 Å². The van der Waals surface area contributed by atoms with E-state index in [9.17, 15) is 4.79 Å². The third kappa shape index (κ3) is 5.41. The fraction of sp³-hybridized carbons (Fsp3) is 0.435. The molecule has 0 spiro atoms. The predicted octanol–water partition coefficient (Wildman–Crippen LogP) is 3.42. The van der Waals surface area contributed by atoms with Crippen molar-refractivity contribution in [2.45, 2.75) is 19.8 Å². The second kappa shape index (κ2) is 10.2. The molecule has 0 unspecified atom stereocenters. The van der Waals surface area contributed by atoms with E-state index in [1.807, 2.05) is 30.3 Å². The van der Waals surface area contributed by atoms with Crippen LogP contribution < -0.4 is 19.7 Å². The molecule has 2 aromatic carbocycles. The summed E-state index contributed by atoms with van der Waals surface area (Å²) < 4.78 is 10.8. The van der Waals surface area contributed by atoms with Crippen LogP contribution in [0, 0.1) is 0 Å². The van der Waals surface area contributed by atoms with Gasteiger partial charge in [-0.05, 0) is 48.9 Å². The lowest BCUT2D eigenvalue weighted by atomic mass is 10.1. The Morgan fingerprint density at radius 2 is 1.72 bits per heavy atom. The highest BCUT2D eigenvalue weighted by atomic mass is 16.5. The minimum absolute atomic E-state index is 0.0146. The molecule has 0 aromatic heterocycles. The average molecular weight is 398 g/mol. The van der Waals surface area contributed by atoms with Crippen molar-refractivity contribution in [1.29, 1.82) is 0 Å². The number of nitrogens with zero attached hydrogens (tertiary/aromatic N) is 2. The molecule has 1 aliphatic heterocycles. The van der Waals surface area contributed by atoms with Gasteiger partial charge in [0.1, 0.15) is 0 Å². The molecule has 1 amide bonds. The summed E-state index contributed by atoms with van der Waals surface area (Å²) >= 11 is 0. The summed E-state index contributed by atoms with van der Waals surface area (Å²) in [5, 5.41) is 2.99. The third-order valence-electron chi connectivity index (χ3n) is 5.44. The number of piperazine rings is 1. The van der Waals surface area contributed by atoms with Crippen LogP contribution in [0.4, 0.5) is 11.4 Å². The van der Waals surface area contributed by atoms with Gasteiger partial charge in [-0.1, -0.05) is 19.1 Å². The van der Waals surface area contributed by atoms with Crippen LogP contribution in [0.3, 0.4) is 0 Å². The lowest BCUT2D eigenvalue weighted by Crippen LogP contribution is -2.46. The van der Waals surface area contributed by atoms with Gasteiger partial charge in [-0.3, -0.25) is 4.79 Å². The average Bonchev–Trinajstić information content (AvgIpc) is 2.78. The zero-order valence-corrected chi connectivity index (χ0v) is 17.6. The molecule has 1 N–H and O–H groups in total. The molecule has 156 valence electrons. The Morgan fingerprint density at radius 3 is 2.34 bits per heavy atom. The van der Waals surface area contributed by atoms with Crippen molar-refractivity contribution in [3.05, 3.63) is 48.0 Å². The van der Waals surface area contributed by atoms with Gasteiger partial charge in [0.25, 0.3) is 0 Å². The van der Waals surface area contributed by atoms with Crippen molar-refractivity contribution in [3.8, 4) is 11.5 Å². The highest BCUT2D eigenvalue weighted by Crippen LogP contribution is 2.31. The van der Waals surface area contributed by atoms with Crippen LogP contribution in [0.15, 0.2) is 42.5 Å². The Hall–Kier alpha value is -2.73. The summed E-state index contributed by atoms with van der Waals surface area (Å²) in [5.74, 6) is 1.36. The number of carbonyl (C=O) groups excluding carboxylic acids is 1. The van der Waals surface area contributed by atoms with E-state index in [2.05, 4.69) is 34.2 Å². The number of nitrogens with one attached hydrogen (secondary N) is 1. The van der Waals surface area contributed by atoms with Crippen molar-refractivity contribution >= 4 is 17.3 Å². The third-order valence-corrected chi connectivity index (χ3v) is 5.44. The number of benzene rings is 2. The molecule has 2 aromatic rings. The summed E-state index contributed by atoms with van der Waals surface area (Å²) in [7, 11) is 3.23. The number of para-hydroxylation sites is 1. The van der Waals surface area contributed by atoms with E-state index >= 15 is 0 Å². The first-order chi connectivity index (χ1) is 14.1. The fourth-order valence-corrected chi connectivity index (χ4v) is 3.70. The number of aryl methyl sites for hydroxylation is 1. The molecule has 1 fully saturated rings. The van der Waals surface area contributed by atoms with Gasteiger partial charge in [0, 0.05) is 44.0 Å². The smallest absolute Gasteiger partial charge is 0.224 e. The second-order valence-corrected chi connectivity index (χ2v) is 7.17. The van der Waals surface area contributed by atoms with Crippen LogP contribution in [-0.2, 0) is 11.2 Å². The van der Waals surface area contributed by atoms with Crippen LogP contribution in [0.1, 0.15) is 18.9 Å². The minimum Gasteiger partial charge on any atom is -0.493 e. The van der Waals surface area contributed by atoms with Gasteiger partial charge in [0.15, 0.2) is 11.5 Å². The van der Waals surface area contributed by atoms with Gasteiger partial charge in [-0.2, -0.15) is 0 Å². The Kier molecular flexibility index (Phi) is 7.36.